The van der Waals surface area contributed by atoms with Crippen LogP contribution in [-0.4, -0.2) is 93.6 Å². The van der Waals surface area contributed by atoms with E-state index in [0.29, 0.717) is 0 Å². The molecular formula is C16H29N4O6S+. The van der Waals surface area contributed by atoms with Crippen LogP contribution in [0.25, 0.3) is 0 Å². The Hall–Kier alpha value is -1.72. The van der Waals surface area contributed by atoms with E-state index in [1.807, 2.05) is 0 Å². The van der Waals surface area contributed by atoms with Gasteiger partial charge < -0.3 is 20.3 Å². The van der Waals surface area contributed by atoms with E-state index in [-0.39, 0.29) is 31.5 Å². The molecule has 0 bridgehead atoms. The number of quaternary nitrogens is 1. The van der Waals surface area contributed by atoms with Crippen LogP contribution in [0.3, 0.4) is 0 Å². The minimum absolute atomic E-state index is 0.0220. The molecule has 2 amide bonds. The molecule has 0 unspecified atom stereocenters. The number of sulfonamides is 1. The van der Waals surface area contributed by atoms with Gasteiger partial charge in [0.15, 0.2) is 0 Å². The van der Waals surface area contributed by atoms with Gasteiger partial charge in [-0.25, -0.2) is 13.2 Å². The van der Waals surface area contributed by atoms with Crippen molar-refractivity contribution in [3.8, 4) is 0 Å². The van der Waals surface area contributed by atoms with Crippen molar-refractivity contribution in [2.75, 3.05) is 46.1 Å². The Morgan fingerprint density at radius 1 is 1.19 bits per heavy atom. The third-order valence-corrected chi connectivity index (χ3v) is 6.36. The highest BCUT2D eigenvalue weighted by Crippen LogP contribution is 2.19. The van der Waals surface area contributed by atoms with Crippen molar-refractivity contribution in [3.05, 3.63) is 0 Å². The SMILES string of the molecule is COC(=O)[C@@H](C)NC(=O)[C@@H]1CN(C(=O)C2CC[NH2+]CC2)CCN1S(C)(=O)=O. The largest absolute Gasteiger partial charge is 0.467 e. The summed E-state index contributed by atoms with van der Waals surface area (Å²) in [6, 6.07) is -1.98. The summed E-state index contributed by atoms with van der Waals surface area (Å²) in [6.45, 7) is 3.52. The van der Waals surface area contributed by atoms with Crippen molar-refractivity contribution in [1.82, 2.24) is 14.5 Å². The summed E-state index contributed by atoms with van der Waals surface area (Å²) in [5, 5.41) is 4.64. The van der Waals surface area contributed by atoms with Crippen molar-refractivity contribution < 1.29 is 32.9 Å². The highest BCUT2D eigenvalue weighted by atomic mass is 32.2. The van der Waals surface area contributed by atoms with Crippen LogP contribution in [0.1, 0.15) is 19.8 Å². The van der Waals surface area contributed by atoms with E-state index >= 15 is 0 Å². The molecule has 0 aromatic carbocycles. The maximum absolute atomic E-state index is 12.8. The zero-order valence-electron chi connectivity index (χ0n) is 16.0. The van der Waals surface area contributed by atoms with Gasteiger partial charge in [-0.05, 0) is 6.92 Å². The van der Waals surface area contributed by atoms with E-state index < -0.39 is 34.0 Å². The second-order valence-corrected chi connectivity index (χ2v) is 9.00. The monoisotopic (exact) mass is 405 g/mol. The lowest BCUT2D eigenvalue weighted by atomic mass is 9.96. The third-order valence-electron chi connectivity index (χ3n) is 5.07. The molecule has 27 heavy (non-hydrogen) atoms. The number of rotatable bonds is 5. The standard InChI is InChI=1S/C16H28N4O6S/c1-11(16(23)26-2)18-14(21)13-10-19(8-9-20(13)27(3,24)25)15(22)12-4-6-17-7-5-12/h11-13,17H,4-10H2,1-3H3,(H,18,21)/p+1/t11-,13+/m1/s1. The minimum atomic E-state index is -3.64. The summed E-state index contributed by atoms with van der Waals surface area (Å²) >= 11 is 0. The summed E-state index contributed by atoms with van der Waals surface area (Å²) in [5.74, 6) is -1.36. The van der Waals surface area contributed by atoms with E-state index in [0.717, 1.165) is 36.5 Å². The van der Waals surface area contributed by atoms with Crippen LogP contribution < -0.4 is 10.6 Å². The number of piperidine rings is 1. The molecule has 2 heterocycles. The molecule has 2 saturated heterocycles. The topological polar surface area (TPSA) is 130 Å². The highest BCUT2D eigenvalue weighted by molar-refractivity contribution is 7.88. The second-order valence-electron chi connectivity index (χ2n) is 7.07. The molecule has 3 N–H and O–H groups in total. The average molecular weight is 405 g/mol. The van der Waals surface area contributed by atoms with Crippen LogP contribution >= 0.6 is 0 Å². The maximum Gasteiger partial charge on any atom is 0.328 e. The number of esters is 1. The molecule has 2 rings (SSSR count). The van der Waals surface area contributed by atoms with Gasteiger partial charge >= 0.3 is 5.97 Å². The highest BCUT2D eigenvalue weighted by Gasteiger charge is 2.41. The lowest BCUT2D eigenvalue weighted by Gasteiger charge is -2.40. The number of nitrogens with zero attached hydrogens (tertiary/aromatic N) is 2. The molecule has 2 atom stereocenters. The number of hydrogen-bond acceptors (Lipinski definition) is 6. The van der Waals surface area contributed by atoms with Gasteiger partial charge in [0.2, 0.25) is 21.8 Å². The van der Waals surface area contributed by atoms with Gasteiger partial charge in [-0.2, -0.15) is 4.31 Å². The number of methoxy groups -OCH3 is 1. The van der Waals surface area contributed by atoms with Gasteiger partial charge in [0.25, 0.3) is 0 Å². The summed E-state index contributed by atoms with van der Waals surface area (Å²) in [7, 11) is -2.44. The molecule has 11 heteroatoms. The fourth-order valence-corrected chi connectivity index (χ4v) is 4.59. The first-order valence-electron chi connectivity index (χ1n) is 9.10. The smallest absolute Gasteiger partial charge is 0.328 e. The molecule has 0 saturated carbocycles. The first-order chi connectivity index (χ1) is 12.6. The maximum atomic E-state index is 12.8. The zero-order chi connectivity index (χ0) is 20.2. The molecule has 2 aliphatic rings. The van der Waals surface area contributed by atoms with E-state index in [2.05, 4.69) is 15.4 Å². The minimum Gasteiger partial charge on any atom is -0.467 e. The van der Waals surface area contributed by atoms with Crippen LogP contribution in [0.4, 0.5) is 0 Å². The number of piperazine rings is 1. The number of nitrogens with one attached hydrogen (secondary N) is 1. The molecule has 0 radical (unpaired) electrons. The lowest BCUT2D eigenvalue weighted by molar-refractivity contribution is -0.664. The van der Waals surface area contributed by atoms with E-state index in [1.54, 1.807) is 4.90 Å². The molecular weight excluding hydrogens is 376 g/mol. The van der Waals surface area contributed by atoms with E-state index in [1.165, 1.54) is 14.0 Å². The number of ether oxygens (including phenoxy) is 1. The molecule has 0 spiro atoms. The summed E-state index contributed by atoms with van der Waals surface area (Å²) < 4.78 is 29.9. The fraction of sp³-hybridized carbons (Fsp3) is 0.812. The quantitative estimate of drug-likeness (QED) is 0.472. The molecule has 2 aliphatic heterocycles. The Morgan fingerprint density at radius 3 is 2.37 bits per heavy atom. The first kappa shape index (κ1) is 21.6. The Kier molecular flexibility index (Phi) is 7.18. The molecule has 10 nitrogen and oxygen atoms in total. The average Bonchev–Trinajstić information content (AvgIpc) is 2.66. The normalized spacial score (nSPS) is 23.5. The first-order valence-corrected chi connectivity index (χ1v) is 11.0. The van der Waals surface area contributed by atoms with Gasteiger partial charge in [0.1, 0.15) is 12.1 Å². The molecule has 0 aromatic heterocycles. The Bertz CT molecular complexity index is 676. The predicted molar refractivity (Wildman–Crippen MR) is 95.9 cm³/mol. The fourth-order valence-electron chi connectivity index (χ4n) is 3.55. The number of amides is 2. The number of nitrogens with two attached hydrogens (primary N) is 1. The van der Waals surface area contributed by atoms with Gasteiger partial charge in [-0.1, -0.05) is 0 Å². The van der Waals surface area contributed by atoms with Crippen molar-refractivity contribution in [2.24, 2.45) is 5.92 Å². The summed E-state index contributed by atoms with van der Waals surface area (Å²) in [5.41, 5.74) is 0. The number of carbonyl (C=O) groups excluding carboxylic acids is 3. The third kappa shape index (κ3) is 5.39. The number of hydrogen-bond donors (Lipinski definition) is 2. The van der Waals surface area contributed by atoms with E-state index in [9.17, 15) is 22.8 Å². The van der Waals surface area contributed by atoms with Crippen molar-refractivity contribution in [2.45, 2.75) is 31.8 Å². The van der Waals surface area contributed by atoms with Crippen molar-refractivity contribution >= 4 is 27.8 Å². The van der Waals surface area contributed by atoms with E-state index in [4.69, 9.17) is 0 Å². The zero-order valence-corrected chi connectivity index (χ0v) is 16.8. The lowest BCUT2D eigenvalue weighted by Crippen LogP contribution is -2.86. The van der Waals surface area contributed by atoms with Gasteiger partial charge in [0, 0.05) is 38.4 Å². The summed E-state index contributed by atoms with van der Waals surface area (Å²) in [6.07, 6.45) is 2.59. The Labute approximate surface area is 159 Å². The van der Waals surface area contributed by atoms with Crippen LogP contribution in [0.2, 0.25) is 0 Å². The van der Waals surface area contributed by atoms with Gasteiger partial charge in [0.05, 0.1) is 26.5 Å². The molecule has 2 fully saturated rings. The Morgan fingerprint density at radius 2 is 1.81 bits per heavy atom. The van der Waals surface area contributed by atoms with Crippen LogP contribution in [0.5, 0.6) is 0 Å². The molecule has 0 aromatic rings. The summed E-state index contributed by atoms with van der Waals surface area (Å²) in [4.78, 5) is 38.6. The Balaban J connectivity index is 2.13. The van der Waals surface area contributed by atoms with Gasteiger partial charge in [-0.3, -0.25) is 9.59 Å². The van der Waals surface area contributed by atoms with Crippen molar-refractivity contribution in [3.63, 3.8) is 0 Å². The molecule has 0 aliphatic carbocycles. The second kappa shape index (κ2) is 8.98. The van der Waals surface area contributed by atoms with Crippen molar-refractivity contribution in [1.29, 1.82) is 0 Å². The van der Waals surface area contributed by atoms with Gasteiger partial charge in [-0.15, -0.1) is 0 Å². The van der Waals surface area contributed by atoms with Crippen LogP contribution in [0, 0.1) is 5.92 Å². The predicted octanol–water partition coefficient (Wildman–Crippen LogP) is -2.89. The van der Waals surface area contributed by atoms with Crippen LogP contribution in [-0.2, 0) is 29.1 Å². The number of carbonyl (C=O) groups is 3. The van der Waals surface area contributed by atoms with Crippen LogP contribution in [0.15, 0.2) is 0 Å². The molecule has 154 valence electrons.